The van der Waals surface area contributed by atoms with Gasteiger partial charge in [0.25, 0.3) is 0 Å². The molecule has 1 atom stereocenters. The van der Waals surface area contributed by atoms with E-state index in [1.54, 1.807) is 20.8 Å². The SMILES string of the molecule is CC(C)(C)OC(=O)NC(C=O)CC1SCCS1. The van der Waals surface area contributed by atoms with E-state index < -0.39 is 17.7 Å². The summed E-state index contributed by atoms with van der Waals surface area (Å²) in [5.41, 5.74) is -0.533. The molecule has 0 radical (unpaired) electrons. The van der Waals surface area contributed by atoms with Crippen molar-refractivity contribution < 1.29 is 14.3 Å². The molecule has 1 amide bonds. The summed E-state index contributed by atoms with van der Waals surface area (Å²) in [6, 6.07) is -0.451. The van der Waals surface area contributed by atoms with Crippen LogP contribution in [0.3, 0.4) is 0 Å². The quantitative estimate of drug-likeness (QED) is 0.799. The topological polar surface area (TPSA) is 55.4 Å². The van der Waals surface area contributed by atoms with Crippen LogP contribution in [0.1, 0.15) is 27.2 Å². The van der Waals surface area contributed by atoms with Crippen LogP contribution in [0.15, 0.2) is 0 Å². The predicted octanol–water partition coefficient (Wildman–Crippen LogP) is 2.27. The van der Waals surface area contributed by atoms with Crippen LogP contribution in [-0.2, 0) is 9.53 Å². The highest BCUT2D eigenvalue weighted by Crippen LogP contribution is 2.34. The number of carbonyl (C=O) groups is 2. The van der Waals surface area contributed by atoms with Crippen LogP contribution in [0.4, 0.5) is 4.79 Å². The average molecular weight is 277 g/mol. The standard InChI is InChI=1S/C11H19NO3S2/c1-11(2,3)15-10(14)12-8(7-13)6-9-16-4-5-17-9/h7-9H,4-6H2,1-3H3,(H,12,14). The molecule has 17 heavy (non-hydrogen) atoms. The van der Waals surface area contributed by atoms with Gasteiger partial charge in [-0.15, -0.1) is 23.5 Å². The van der Waals surface area contributed by atoms with Gasteiger partial charge >= 0.3 is 6.09 Å². The number of carbonyl (C=O) groups excluding carboxylic acids is 2. The summed E-state index contributed by atoms with van der Waals surface area (Å²) in [7, 11) is 0. The predicted molar refractivity (Wildman–Crippen MR) is 72.5 cm³/mol. The normalized spacial score (nSPS) is 18.8. The zero-order valence-electron chi connectivity index (χ0n) is 10.4. The Morgan fingerprint density at radius 1 is 1.47 bits per heavy atom. The second-order valence-electron chi connectivity index (χ2n) is 4.80. The van der Waals surface area contributed by atoms with Crippen molar-refractivity contribution >= 4 is 35.9 Å². The van der Waals surface area contributed by atoms with E-state index in [2.05, 4.69) is 5.32 Å². The number of aldehydes is 1. The summed E-state index contributed by atoms with van der Waals surface area (Å²) in [5.74, 6) is 2.24. The number of thioether (sulfide) groups is 2. The Hall–Kier alpha value is -0.360. The van der Waals surface area contributed by atoms with E-state index in [9.17, 15) is 9.59 Å². The molecule has 4 nitrogen and oxygen atoms in total. The van der Waals surface area contributed by atoms with Crippen molar-refractivity contribution in [3.63, 3.8) is 0 Å². The highest BCUT2D eigenvalue weighted by Gasteiger charge is 2.24. The Labute approximate surface area is 111 Å². The fraction of sp³-hybridized carbons (Fsp3) is 0.818. The molecule has 0 aliphatic carbocycles. The van der Waals surface area contributed by atoms with Gasteiger partial charge in [0.15, 0.2) is 0 Å². The summed E-state index contributed by atoms with van der Waals surface area (Å²) in [4.78, 5) is 22.4. The number of rotatable bonds is 4. The molecule has 0 bridgehead atoms. The molecule has 1 saturated heterocycles. The van der Waals surface area contributed by atoms with Crippen molar-refractivity contribution in [1.82, 2.24) is 5.32 Å². The minimum absolute atomic E-state index is 0.403. The zero-order chi connectivity index (χ0) is 12.9. The van der Waals surface area contributed by atoms with Crippen molar-refractivity contribution in [1.29, 1.82) is 0 Å². The first-order valence-corrected chi connectivity index (χ1v) is 7.68. The van der Waals surface area contributed by atoms with Gasteiger partial charge in [-0.05, 0) is 27.2 Å². The molecule has 1 rings (SSSR count). The molecule has 0 aromatic rings. The Bertz CT molecular complexity index is 272. The molecule has 1 aliphatic rings. The van der Waals surface area contributed by atoms with E-state index in [1.165, 1.54) is 0 Å². The number of ether oxygens (including phenoxy) is 1. The Kier molecular flexibility index (Phi) is 5.66. The first-order valence-electron chi connectivity index (χ1n) is 5.59. The lowest BCUT2D eigenvalue weighted by Crippen LogP contribution is -2.40. The van der Waals surface area contributed by atoms with E-state index in [1.807, 2.05) is 23.5 Å². The maximum Gasteiger partial charge on any atom is 0.408 e. The van der Waals surface area contributed by atoms with Gasteiger partial charge in [-0.3, -0.25) is 0 Å². The van der Waals surface area contributed by atoms with Crippen molar-refractivity contribution in [3.8, 4) is 0 Å². The maximum absolute atomic E-state index is 11.5. The number of hydrogen-bond acceptors (Lipinski definition) is 5. The van der Waals surface area contributed by atoms with Gasteiger partial charge < -0.3 is 14.8 Å². The van der Waals surface area contributed by atoms with Gasteiger partial charge in [0.2, 0.25) is 0 Å². The molecule has 1 unspecified atom stereocenters. The van der Waals surface area contributed by atoms with Gasteiger partial charge in [0.1, 0.15) is 11.9 Å². The van der Waals surface area contributed by atoms with Gasteiger partial charge in [-0.2, -0.15) is 0 Å². The van der Waals surface area contributed by atoms with Gasteiger partial charge in [0, 0.05) is 11.5 Å². The maximum atomic E-state index is 11.5. The van der Waals surface area contributed by atoms with E-state index in [0.717, 1.165) is 17.8 Å². The number of nitrogens with one attached hydrogen (secondary N) is 1. The molecule has 1 fully saturated rings. The highest BCUT2D eigenvalue weighted by molar-refractivity contribution is 8.20. The summed E-state index contributed by atoms with van der Waals surface area (Å²) >= 11 is 3.68. The Balaban J connectivity index is 2.35. The molecule has 0 spiro atoms. The largest absolute Gasteiger partial charge is 0.444 e. The molecule has 0 saturated carbocycles. The lowest BCUT2D eigenvalue weighted by Gasteiger charge is -2.22. The number of hydrogen-bond donors (Lipinski definition) is 1. The molecule has 98 valence electrons. The van der Waals surface area contributed by atoms with Crippen LogP contribution in [0, 0.1) is 0 Å². The molecule has 6 heteroatoms. The van der Waals surface area contributed by atoms with Crippen LogP contribution < -0.4 is 5.32 Å². The second-order valence-corrected chi connectivity index (χ2v) is 7.72. The lowest BCUT2D eigenvalue weighted by molar-refractivity contribution is -0.109. The van der Waals surface area contributed by atoms with E-state index in [0.29, 0.717) is 11.0 Å². The smallest absolute Gasteiger partial charge is 0.408 e. The van der Waals surface area contributed by atoms with Crippen molar-refractivity contribution in [2.24, 2.45) is 0 Å². The first kappa shape index (κ1) is 14.7. The third-order valence-electron chi connectivity index (χ3n) is 2.00. The van der Waals surface area contributed by atoms with Crippen molar-refractivity contribution in [2.45, 2.75) is 43.4 Å². The molecule has 1 N–H and O–H groups in total. The van der Waals surface area contributed by atoms with Gasteiger partial charge in [-0.1, -0.05) is 0 Å². The summed E-state index contributed by atoms with van der Waals surface area (Å²) in [6.07, 6.45) is 0.920. The highest BCUT2D eigenvalue weighted by atomic mass is 32.2. The lowest BCUT2D eigenvalue weighted by atomic mass is 10.2. The van der Waals surface area contributed by atoms with Gasteiger partial charge in [0.05, 0.1) is 10.6 Å². The van der Waals surface area contributed by atoms with Crippen LogP contribution in [0.2, 0.25) is 0 Å². The van der Waals surface area contributed by atoms with E-state index in [4.69, 9.17) is 4.74 Å². The summed E-state index contributed by atoms with van der Waals surface area (Å²) < 4.78 is 5.51. The minimum Gasteiger partial charge on any atom is -0.444 e. The first-order chi connectivity index (χ1) is 7.90. The molecule has 1 aliphatic heterocycles. The van der Waals surface area contributed by atoms with Gasteiger partial charge in [-0.25, -0.2) is 4.79 Å². The minimum atomic E-state index is -0.533. The fourth-order valence-corrected chi connectivity index (χ4v) is 4.30. The summed E-state index contributed by atoms with van der Waals surface area (Å²) in [6.45, 7) is 5.39. The van der Waals surface area contributed by atoms with Crippen LogP contribution in [0.25, 0.3) is 0 Å². The fourth-order valence-electron chi connectivity index (χ4n) is 1.36. The van der Waals surface area contributed by atoms with Crippen LogP contribution in [-0.4, -0.2) is 40.1 Å². The van der Waals surface area contributed by atoms with E-state index in [-0.39, 0.29) is 0 Å². The average Bonchev–Trinajstić information content (AvgIpc) is 2.66. The third kappa shape index (κ3) is 6.21. The third-order valence-corrected chi connectivity index (χ3v) is 5.09. The monoisotopic (exact) mass is 277 g/mol. The van der Waals surface area contributed by atoms with Crippen molar-refractivity contribution in [2.75, 3.05) is 11.5 Å². The Morgan fingerprint density at radius 3 is 2.53 bits per heavy atom. The molecule has 0 aromatic carbocycles. The number of alkyl carbamates (subject to hydrolysis) is 1. The van der Waals surface area contributed by atoms with Crippen LogP contribution in [0.5, 0.6) is 0 Å². The number of amides is 1. The second kappa shape index (κ2) is 6.54. The van der Waals surface area contributed by atoms with Crippen LogP contribution >= 0.6 is 23.5 Å². The Morgan fingerprint density at radius 2 is 2.06 bits per heavy atom. The molecular formula is C11H19NO3S2. The molecular weight excluding hydrogens is 258 g/mol. The van der Waals surface area contributed by atoms with E-state index >= 15 is 0 Å². The summed E-state index contributed by atoms with van der Waals surface area (Å²) in [5, 5.41) is 2.59. The van der Waals surface area contributed by atoms with Crippen molar-refractivity contribution in [3.05, 3.63) is 0 Å². The molecule has 1 heterocycles. The molecule has 0 aromatic heterocycles. The zero-order valence-corrected chi connectivity index (χ0v) is 12.0.